The Kier molecular flexibility index (Phi) is 3.30. The number of nitrogens with two attached hydrogens (primary N) is 1. The number of carboxylic acid groups (broad SMARTS) is 1. The molecule has 1 aliphatic rings. The Bertz CT molecular complexity index is 453. The van der Waals surface area contributed by atoms with Crippen LogP contribution in [0, 0.1) is 13.8 Å². The van der Waals surface area contributed by atoms with Gasteiger partial charge in [0.15, 0.2) is 0 Å². The lowest BCUT2D eigenvalue weighted by Crippen LogP contribution is -2.59. The van der Waals surface area contributed by atoms with Crippen molar-refractivity contribution in [1.29, 1.82) is 0 Å². The molecule has 3 N–H and O–H groups in total. The van der Waals surface area contributed by atoms with Gasteiger partial charge in [0.05, 0.1) is 0 Å². The monoisotopic (exact) mass is 248 g/mol. The van der Waals surface area contributed by atoms with Gasteiger partial charge in [0.1, 0.15) is 5.54 Å². The molecule has 1 unspecified atom stereocenters. The van der Waals surface area contributed by atoms with Crippen molar-refractivity contribution in [3.05, 3.63) is 29.3 Å². The van der Waals surface area contributed by atoms with Crippen molar-refractivity contribution >= 4 is 11.7 Å². The second-order valence-electron chi connectivity index (χ2n) is 5.33. The van der Waals surface area contributed by atoms with Crippen molar-refractivity contribution in [2.45, 2.75) is 32.2 Å². The smallest absolute Gasteiger partial charge is 0.325 e. The van der Waals surface area contributed by atoms with Crippen LogP contribution in [0.2, 0.25) is 0 Å². The van der Waals surface area contributed by atoms with Crippen LogP contribution in [0.15, 0.2) is 18.2 Å². The number of aryl methyl sites for hydroxylation is 2. The topological polar surface area (TPSA) is 66.6 Å². The van der Waals surface area contributed by atoms with Crippen LogP contribution in [-0.4, -0.2) is 29.7 Å². The van der Waals surface area contributed by atoms with Crippen molar-refractivity contribution < 1.29 is 9.90 Å². The Labute approximate surface area is 107 Å². The molecule has 0 radical (unpaired) electrons. The third-order valence-corrected chi connectivity index (χ3v) is 3.52. The molecule has 4 nitrogen and oxygen atoms in total. The molecule has 1 aromatic carbocycles. The van der Waals surface area contributed by atoms with E-state index in [0.29, 0.717) is 13.0 Å². The lowest BCUT2D eigenvalue weighted by Gasteiger charge is -2.38. The van der Waals surface area contributed by atoms with Crippen molar-refractivity contribution in [3.63, 3.8) is 0 Å². The molecule has 0 aromatic heterocycles. The number of anilines is 1. The molecule has 0 aliphatic carbocycles. The molecule has 0 saturated carbocycles. The van der Waals surface area contributed by atoms with Gasteiger partial charge < -0.3 is 15.7 Å². The summed E-state index contributed by atoms with van der Waals surface area (Å²) in [5.41, 5.74) is 8.30. The van der Waals surface area contributed by atoms with Gasteiger partial charge in [-0.15, -0.1) is 0 Å². The molecule has 1 saturated heterocycles. The normalized spacial score (nSPS) is 24.1. The van der Waals surface area contributed by atoms with Crippen LogP contribution in [-0.2, 0) is 4.79 Å². The summed E-state index contributed by atoms with van der Waals surface area (Å²) < 4.78 is 0. The van der Waals surface area contributed by atoms with Gasteiger partial charge in [0.25, 0.3) is 0 Å². The van der Waals surface area contributed by atoms with E-state index in [0.717, 1.165) is 18.7 Å². The highest BCUT2D eigenvalue weighted by Crippen LogP contribution is 2.26. The molecule has 1 fully saturated rings. The maximum Gasteiger partial charge on any atom is 0.325 e. The summed E-state index contributed by atoms with van der Waals surface area (Å²) in [5, 5.41) is 9.22. The average molecular weight is 248 g/mol. The first-order valence-electron chi connectivity index (χ1n) is 6.26. The fourth-order valence-electron chi connectivity index (χ4n) is 2.61. The van der Waals surface area contributed by atoms with E-state index in [2.05, 4.69) is 23.1 Å². The van der Waals surface area contributed by atoms with Crippen molar-refractivity contribution in [2.24, 2.45) is 5.73 Å². The first-order valence-corrected chi connectivity index (χ1v) is 6.26. The number of benzene rings is 1. The van der Waals surface area contributed by atoms with Crippen LogP contribution >= 0.6 is 0 Å². The molecular weight excluding hydrogens is 228 g/mol. The number of piperidine rings is 1. The van der Waals surface area contributed by atoms with E-state index in [9.17, 15) is 9.90 Å². The molecule has 1 aromatic rings. The van der Waals surface area contributed by atoms with E-state index in [-0.39, 0.29) is 0 Å². The van der Waals surface area contributed by atoms with E-state index >= 15 is 0 Å². The highest BCUT2D eigenvalue weighted by molar-refractivity contribution is 5.80. The van der Waals surface area contributed by atoms with Gasteiger partial charge in [-0.1, -0.05) is 6.07 Å². The minimum atomic E-state index is -1.12. The average Bonchev–Trinajstić information content (AvgIpc) is 2.27. The number of hydrogen-bond donors (Lipinski definition) is 2. The molecule has 18 heavy (non-hydrogen) atoms. The fourth-order valence-corrected chi connectivity index (χ4v) is 2.61. The summed E-state index contributed by atoms with van der Waals surface area (Å²) in [6, 6.07) is 6.28. The Balaban J connectivity index is 2.26. The van der Waals surface area contributed by atoms with Gasteiger partial charge in [-0.25, -0.2) is 0 Å². The number of hydrogen-bond acceptors (Lipinski definition) is 3. The standard InChI is InChI=1S/C14H20N2O2/c1-10-6-11(2)8-12(7-10)16-5-3-4-14(15,9-16)13(17)18/h6-8H,3-5,9,15H2,1-2H3,(H,17,18). The van der Waals surface area contributed by atoms with E-state index in [1.165, 1.54) is 11.1 Å². The first kappa shape index (κ1) is 12.9. The number of nitrogens with zero attached hydrogens (tertiary/aromatic N) is 1. The predicted molar refractivity (Wildman–Crippen MR) is 71.9 cm³/mol. The molecule has 2 rings (SSSR count). The van der Waals surface area contributed by atoms with Crippen molar-refractivity contribution in [2.75, 3.05) is 18.0 Å². The van der Waals surface area contributed by atoms with E-state index in [1.54, 1.807) is 0 Å². The Morgan fingerprint density at radius 2 is 1.94 bits per heavy atom. The maximum atomic E-state index is 11.2. The fraction of sp³-hybridized carbons (Fsp3) is 0.500. The largest absolute Gasteiger partial charge is 0.480 e. The Morgan fingerprint density at radius 1 is 1.33 bits per heavy atom. The summed E-state index contributed by atoms with van der Waals surface area (Å²) in [5.74, 6) is -0.906. The number of aliphatic carboxylic acids is 1. The molecule has 0 bridgehead atoms. The van der Waals surface area contributed by atoms with Gasteiger partial charge >= 0.3 is 5.97 Å². The molecule has 0 spiro atoms. The van der Waals surface area contributed by atoms with E-state index < -0.39 is 11.5 Å². The minimum Gasteiger partial charge on any atom is -0.480 e. The molecule has 1 heterocycles. The SMILES string of the molecule is Cc1cc(C)cc(N2CCCC(N)(C(=O)O)C2)c1. The predicted octanol–water partition coefficient (Wildman–Crippen LogP) is 1.69. The molecule has 1 aliphatic heterocycles. The van der Waals surface area contributed by atoms with Gasteiger partial charge in [-0.2, -0.15) is 0 Å². The maximum absolute atomic E-state index is 11.2. The van der Waals surface area contributed by atoms with Crippen LogP contribution in [0.4, 0.5) is 5.69 Å². The van der Waals surface area contributed by atoms with Crippen molar-refractivity contribution in [3.8, 4) is 0 Å². The highest BCUT2D eigenvalue weighted by Gasteiger charge is 2.38. The van der Waals surface area contributed by atoms with Crippen molar-refractivity contribution in [1.82, 2.24) is 0 Å². The Morgan fingerprint density at radius 3 is 2.50 bits per heavy atom. The van der Waals surface area contributed by atoms with Crippen LogP contribution in [0.25, 0.3) is 0 Å². The summed E-state index contributed by atoms with van der Waals surface area (Å²) in [7, 11) is 0. The molecule has 98 valence electrons. The second-order valence-corrected chi connectivity index (χ2v) is 5.33. The highest BCUT2D eigenvalue weighted by atomic mass is 16.4. The summed E-state index contributed by atoms with van der Waals surface area (Å²) in [6.45, 7) is 5.35. The second kappa shape index (κ2) is 4.61. The van der Waals surface area contributed by atoms with Gasteiger partial charge in [-0.3, -0.25) is 4.79 Å². The molecule has 4 heteroatoms. The zero-order chi connectivity index (χ0) is 13.3. The van der Waals surface area contributed by atoms with E-state index in [1.807, 2.05) is 13.8 Å². The third kappa shape index (κ3) is 2.48. The third-order valence-electron chi connectivity index (χ3n) is 3.52. The van der Waals surface area contributed by atoms with E-state index in [4.69, 9.17) is 5.73 Å². The molecular formula is C14H20N2O2. The van der Waals surface area contributed by atoms with Crippen LogP contribution in [0.5, 0.6) is 0 Å². The van der Waals surface area contributed by atoms with Crippen LogP contribution in [0.3, 0.4) is 0 Å². The van der Waals surface area contributed by atoms with Crippen LogP contribution < -0.4 is 10.6 Å². The quantitative estimate of drug-likeness (QED) is 0.835. The molecule has 0 amide bonds. The summed E-state index contributed by atoms with van der Waals surface area (Å²) in [4.78, 5) is 13.3. The number of rotatable bonds is 2. The van der Waals surface area contributed by atoms with Gasteiger partial charge in [0.2, 0.25) is 0 Å². The zero-order valence-electron chi connectivity index (χ0n) is 10.9. The minimum absolute atomic E-state index is 0.380. The number of carboxylic acids is 1. The van der Waals surface area contributed by atoms with Crippen LogP contribution in [0.1, 0.15) is 24.0 Å². The Hall–Kier alpha value is -1.55. The van der Waals surface area contributed by atoms with Gasteiger partial charge in [-0.05, 0) is 49.9 Å². The zero-order valence-corrected chi connectivity index (χ0v) is 10.9. The molecule has 1 atom stereocenters. The lowest BCUT2D eigenvalue weighted by atomic mass is 9.90. The first-order chi connectivity index (χ1) is 8.40. The lowest BCUT2D eigenvalue weighted by molar-refractivity contribution is -0.143. The summed E-state index contributed by atoms with van der Waals surface area (Å²) in [6.07, 6.45) is 1.36. The summed E-state index contributed by atoms with van der Waals surface area (Å²) >= 11 is 0. The number of carbonyl (C=O) groups is 1. The van der Waals surface area contributed by atoms with Gasteiger partial charge in [0, 0.05) is 18.8 Å².